The molecular formula is C16H29NO5. The number of nitrogens with zero attached hydrogens (tertiary/aromatic N) is 1. The lowest BCUT2D eigenvalue weighted by Crippen LogP contribution is -2.22. The van der Waals surface area contributed by atoms with Crippen molar-refractivity contribution in [2.45, 2.75) is 77.1 Å². The number of hydrogen-bond acceptors (Lipinski definition) is 5. The zero-order valence-corrected chi connectivity index (χ0v) is 13.5. The zero-order chi connectivity index (χ0) is 16.2. The van der Waals surface area contributed by atoms with E-state index in [0.717, 1.165) is 38.7 Å². The summed E-state index contributed by atoms with van der Waals surface area (Å²) in [6.45, 7) is 3.13. The van der Waals surface area contributed by atoms with Crippen LogP contribution >= 0.6 is 0 Å². The first-order valence-corrected chi connectivity index (χ1v) is 8.34. The quantitative estimate of drug-likeness (QED) is 0.359. The fourth-order valence-corrected chi connectivity index (χ4v) is 2.42. The lowest BCUT2D eigenvalue weighted by molar-refractivity contribution is -0.428. The van der Waals surface area contributed by atoms with E-state index in [2.05, 4.69) is 0 Å². The number of allylic oxidation sites excluding steroid dienone is 2. The van der Waals surface area contributed by atoms with Gasteiger partial charge in [-0.2, -0.15) is 0 Å². The molecule has 128 valence electrons. The monoisotopic (exact) mass is 315 g/mol. The van der Waals surface area contributed by atoms with E-state index in [0.29, 0.717) is 32.3 Å². The molecule has 0 aliphatic carbocycles. The van der Waals surface area contributed by atoms with Crippen LogP contribution in [-0.4, -0.2) is 35.6 Å². The Morgan fingerprint density at radius 1 is 1.45 bits per heavy atom. The van der Waals surface area contributed by atoms with Gasteiger partial charge in [0.25, 0.3) is 0 Å². The molecule has 1 aliphatic heterocycles. The fraction of sp³-hybridized carbons (Fsp3) is 0.875. The summed E-state index contributed by atoms with van der Waals surface area (Å²) in [7, 11) is 0. The minimum Gasteiger partial charge on any atom is -0.393 e. The average molecular weight is 315 g/mol. The Bertz CT molecular complexity index is 337. The number of hydrogen-bond donors (Lipinski definition) is 1. The van der Waals surface area contributed by atoms with E-state index in [1.165, 1.54) is 0 Å². The second-order valence-corrected chi connectivity index (χ2v) is 5.86. The lowest BCUT2D eigenvalue weighted by atomic mass is 10.1. The van der Waals surface area contributed by atoms with Crippen molar-refractivity contribution in [3.8, 4) is 0 Å². The number of ether oxygens (including phenoxy) is 2. The maximum Gasteiger partial charge on any atom is 0.242 e. The highest BCUT2D eigenvalue weighted by Crippen LogP contribution is 2.15. The van der Waals surface area contributed by atoms with Gasteiger partial charge in [0.1, 0.15) is 0 Å². The summed E-state index contributed by atoms with van der Waals surface area (Å²) in [4.78, 5) is 10.6. The second kappa shape index (κ2) is 11.6. The van der Waals surface area contributed by atoms with Gasteiger partial charge in [-0.1, -0.05) is 0 Å². The van der Waals surface area contributed by atoms with Crippen LogP contribution in [-0.2, 0) is 9.47 Å². The molecule has 0 bridgehead atoms. The molecule has 0 aromatic carbocycles. The van der Waals surface area contributed by atoms with E-state index in [1.807, 2.05) is 0 Å². The van der Waals surface area contributed by atoms with Gasteiger partial charge in [0, 0.05) is 19.6 Å². The van der Waals surface area contributed by atoms with Crippen molar-refractivity contribution in [1.29, 1.82) is 0 Å². The zero-order valence-electron chi connectivity index (χ0n) is 13.5. The molecule has 0 radical (unpaired) electrons. The first-order valence-electron chi connectivity index (χ1n) is 8.34. The first kappa shape index (κ1) is 19.1. The van der Waals surface area contributed by atoms with Crippen LogP contribution in [0.2, 0.25) is 0 Å². The predicted octanol–water partition coefficient (Wildman–Crippen LogP) is 3.41. The van der Waals surface area contributed by atoms with Gasteiger partial charge in [0.15, 0.2) is 6.29 Å². The molecule has 0 aromatic rings. The maximum absolute atomic E-state index is 10.9. The summed E-state index contributed by atoms with van der Waals surface area (Å²) in [5.74, 6) is 0. The molecule has 6 nitrogen and oxygen atoms in total. The Hall–Kier alpha value is -0.980. The van der Waals surface area contributed by atoms with Crippen molar-refractivity contribution >= 4 is 0 Å². The lowest BCUT2D eigenvalue weighted by Gasteiger charge is -2.22. The molecule has 0 amide bonds. The third kappa shape index (κ3) is 9.12. The van der Waals surface area contributed by atoms with Crippen molar-refractivity contribution in [2.24, 2.45) is 0 Å². The summed E-state index contributed by atoms with van der Waals surface area (Å²) >= 11 is 0. The highest BCUT2D eigenvalue weighted by Gasteiger charge is 2.13. The topological polar surface area (TPSA) is 81.8 Å². The van der Waals surface area contributed by atoms with Crippen LogP contribution in [0.25, 0.3) is 0 Å². The van der Waals surface area contributed by atoms with E-state index in [1.54, 1.807) is 13.0 Å². The Morgan fingerprint density at radius 3 is 2.91 bits per heavy atom. The van der Waals surface area contributed by atoms with Gasteiger partial charge >= 0.3 is 0 Å². The van der Waals surface area contributed by atoms with Crippen molar-refractivity contribution in [2.75, 3.05) is 13.2 Å². The van der Waals surface area contributed by atoms with Crippen LogP contribution in [0.4, 0.5) is 0 Å². The van der Waals surface area contributed by atoms with Gasteiger partial charge in [-0.15, -0.1) is 0 Å². The fourth-order valence-electron chi connectivity index (χ4n) is 2.42. The third-order valence-corrected chi connectivity index (χ3v) is 3.71. The van der Waals surface area contributed by atoms with Gasteiger partial charge in [0.2, 0.25) is 5.70 Å². The Morgan fingerprint density at radius 2 is 2.27 bits per heavy atom. The van der Waals surface area contributed by atoms with Gasteiger partial charge in [-0.25, -0.2) is 0 Å². The number of nitro groups is 1. The van der Waals surface area contributed by atoms with Gasteiger partial charge in [-0.05, 0) is 64.4 Å². The van der Waals surface area contributed by atoms with E-state index >= 15 is 0 Å². The largest absolute Gasteiger partial charge is 0.393 e. The molecule has 1 aliphatic rings. The molecule has 0 aromatic heterocycles. The van der Waals surface area contributed by atoms with Crippen LogP contribution in [0.1, 0.15) is 64.7 Å². The Balaban J connectivity index is 2.10. The van der Waals surface area contributed by atoms with Crippen molar-refractivity contribution in [1.82, 2.24) is 0 Å². The summed E-state index contributed by atoms with van der Waals surface area (Å²) in [5, 5.41) is 20.1. The summed E-state index contributed by atoms with van der Waals surface area (Å²) in [6.07, 6.45) is 8.61. The molecule has 1 saturated heterocycles. The Kier molecular flexibility index (Phi) is 10.0. The van der Waals surface area contributed by atoms with Crippen molar-refractivity contribution < 1.29 is 19.5 Å². The number of rotatable bonds is 11. The summed E-state index contributed by atoms with van der Waals surface area (Å²) < 4.78 is 11.1. The van der Waals surface area contributed by atoms with Crippen LogP contribution in [0.15, 0.2) is 11.8 Å². The first-order chi connectivity index (χ1) is 10.6. The predicted molar refractivity (Wildman–Crippen MR) is 84.0 cm³/mol. The highest BCUT2D eigenvalue weighted by atomic mass is 16.7. The van der Waals surface area contributed by atoms with Crippen LogP contribution < -0.4 is 0 Å². The van der Waals surface area contributed by atoms with Gasteiger partial charge in [-0.3, -0.25) is 10.1 Å². The molecule has 22 heavy (non-hydrogen) atoms. The average Bonchev–Trinajstić information content (AvgIpc) is 2.49. The molecule has 0 spiro atoms. The standard InChI is InChI=1S/C16H29NO5/c1-14(18)8-7-10-15(17(19)20)9-3-2-5-12-21-16-11-4-6-13-22-16/h9,14,16,18H,2-8,10-13H2,1H3/b15-9+. The number of aliphatic hydroxyl groups is 1. The summed E-state index contributed by atoms with van der Waals surface area (Å²) in [5.41, 5.74) is 0.261. The summed E-state index contributed by atoms with van der Waals surface area (Å²) in [6, 6.07) is 0. The second-order valence-electron chi connectivity index (χ2n) is 5.86. The van der Waals surface area contributed by atoms with E-state index in [9.17, 15) is 15.2 Å². The van der Waals surface area contributed by atoms with Crippen LogP contribution in [0.5, 0.6) is 0 Å². The van der Waals surface area contributed by atoms with Crippen LogP contribution in [0.3, 0.4) is 0 Å². The van der Waals surface area contributed by atoms with Gasteiger partial charge < -0.3 is 14.6 Å². The highest BCUT2D eigenvalue weighted by molar-refractivity contribution is 4.91. The van der Waals surface area contributed by atoms with Gasteiger partial charge in [0.05, 0.1) is 11.0 Å². The van der Waals surface area contributed by atoms with Crippen LogP contribution in [0, 0.1) is 10.1 Å². The van der Waals surface area contributed by atoms with Crippen molar-refractivity contribution in [3.05, 3.63) is 21.9 Å². The molecule has 1 fully saturated rings. The molecule has 1 heterocycles. The molecule has 1 rings (SSSR count). The number of aliphatic hydroxyl groups excluding tert-OH is 1. The minimum absolute atomic E-state index is 0.0564. The molecule has 2 unspecified atom stereocenters. The Labute approximate surface area is 132 Å². The maximum atomic E-state index is 10.9. The molecule has 0 saturated carbocycles. The normalized spacial score (nSPS) is 20.8. The molecule has 1 N–H and O–H groups in total. The third-order valence-electron chi connectivity index (χ3n) is 3.71. The SMILES string of the molecule is CC(O)CCC/C(=C\CCCCOC1CCCCO1)[N+](=O)[O-]. The number of unbranched alkanes of at least 4 members (excludes halogenated alkanes) is 2. The van der Waals surface area contributed by atoms with E-state index < -0.39 is 6.10 Å². The molecule has 6 heteroatoms. The molecular weight excluding hydrogens is 286 g/mol. The van der Waals surface area contributed by atoms with E-state index in [4.69, 9.17) is 9.47 Å². The minimum atomic E-state index is -0.396. The smallest absolute Gasteiger partial charge is 0.242 e. The van der Waals surface area contributed by atoms with Crippen molar-refractivity contribution in [3.63, 3.8) is 0 Å². The molecule has 2 atom stereocenters. The van der Waals surface area contributed by atoms with E-state index in [-0.39, 0.29) is 16.9 Å².